The van der Waals surface area contributed by atoms with Gasteiger partial charge in [0, 0.05) is 0 Å². The van der Waals surface area contributed by atoms with Crippen molar-refractivity contribution in [2.75, 3.05) is 0 Å². The second kappa shape index (κ2) is 6.91. The van der Waals surface area contributed by atoms with E-state index in [1.165, 1.54) is 5.56 Å². The molecular weight excluding hydrogens is 184 g/mol. The van der Waals surface area contributed by atoms with E-state index in [1.54, 1.807) is 0 Å². The molecule has 0 aliphatic carbocycles. The molecule has 0 nitrogen and oxygen atoms in total. The van der Waals surface area contributed by atoms with Gasteiger partial charge in [0.25, 0.3) is 0 Å². The van der Waals surface area contributed by atoms with E-state index in [9.17, 15) is 0 Å². The molecule has 0 saturated carbocycles. The molecule has 0 aliphatic rings. The Morgan fingerprint density at radius 3 is 1.58 bits per heavy atom. The van der Waals surface area contributed by atoms with E-state index >= 15 is 0 Å². The van der Waals surface area contributed by atoms with Crippen molar-refractivity contribution in [3.63, 3.8) is 0 Å². The van der Waals surface area contributed by atoms with E-state index in [1.807, 2.05) is 42.5 Å². The van der Waals surface area contributed by atoms with E-state index in [4.69, 9.17) is 0 Å². The van der Waals surface area contributed by atoms with Crippen LogP contribution in [0.1, 0.15) is 5.56 Å². The molecule has 2 aromatic rings. The second-order valence-electron chi connectivity index (χ2n) is 2.42. The van der Waals surface area contributed by atoms with Gasteiger partial charge in [-0.15, -0.1) is 0 Å². The second-order valence-corrected chi connectivity index (χ2v) is 2.42. The molecule has 0 fully saturated rings. The smallest absolute Gasteiger partial charge is 0.214 e. The first kappa shape index (κ1) is 11.2. The van der Waals surface area contributed by atoms with E-state index < -0.39 is 0 Å². The van der Waals surface area contributed by atoms with E-state index in [-0.39, 0.29) is 17.4 Å². The van der Waals surface area contributed by atoms with Crippen LogP contribution in [0.25, 0.3) is 0 Å². The third-order valence-electron chi connectivity index (χ3n) is 1.38. The fraction of sp³-hybridized carbons (Fsp3) is 0.0909. The molecule has 0 N–H and O–H groups in total. The van der Waals surface area contributed by atoms with E-state index in [2.05, 4.69) is 19.1 Å². The van der Waals surface area contributed by atoms with Crippen LogP contribution in [0, 0.1) is 6.92 Å². The molecule has 0 spiro atoms. The minimum atomic E-state index is 0. The van der Waals surface area contributed by atoms with Crippen LogP contribution in [0.15, 0.2) is 54.6 Å². The molecule has 0 bridgehead atoms. The molecule has 1 heteroatoms. The van der Waals surface area contributed by atoms with E-state index in [0.29, 0.717) is 0 Å². The maximum absolute atomic E-state index is 2.08. The Morgan fingerprint density at radius 1 is 0.917 bits per heavy atom. The topological polar surface area (TPSA) is 0 Å². The van der Waals surface area contributed by atoms with Gasteiger partial charge < -0.3 is 0 Å². The molecule has 0 amide bonds. The van der Waals surface area contributed by atoms with E-state index in [0.717, 1.165) is 0 Å². The number of hydrogen-bond acceptors (Lipinski definition) is 0. The Labute approximate surface area is 84.7 Å². The number of aryl methyl sites for hydroxylation is 1. The van der Waals surface area contributed by atoms with Gasteiger partial charge in [0.05, 0.1) is 0 Å². The number of hydrogen-bond donors (Lipinski definition) is 0. The van der Waals surface area contributed by atoms with Crippen LogP contribution in [-0.4, -0.2) is 0 Å². The summed E-state index contributed by atoms with van der Waals surface area (Å²) in [6.07, 6.45) is 0. The molecule has 0 atom stereocenters. The van der Waals surface area contributed by atoms with Crippen LogP contribution >= 0.6 is 0 Å². The van der Waals surface area contributed by atoms with Gasteiger partial charge in [0.2, 0.25) is 0 Å². The van der Waals surface area contributed by atoms with Crippen LogP contribution in [0.4, 0.5) is 0 Å². The standard InChI is InChI=1S/C6H7.C5H5.Cr/c1-6-4-2-3-5-6;1-2-4-5-3-1;/h2-5H,1H3;1-5H;/q2*-1;+2. The van der Waals surface area contributed by atoms with Crippen molar-refractivity contribution in [1.82, 2.24) is 0 Å². The molecular formula is C11H12Cr. The van der Waals surface area contributed by atoms with Gasteiger partial charge in [-0.05, 0) is 0 Å². The monoisotopic (exact) mass is 196 g/mol. The van der Waals surface area contributed by atoms with Gasteiger partial charge in [-0.3, -0.25) is 0 Å². The zero-order valence-electron chi connectivity index (χ0n) is 7.10. The fourth-order valence-corrected chi connectivity index (χ4v) is 0.791. The third kappa shape index (κ3) is 4.96. The summed E-state index contributed by atoms with van der Waals surface area (Å²) < 4.78 is 0. The maximum Gasteiger partial charge on any atom is 2.00 e. The predicted octanol–water partition coefficient (Wildman–Crippen LogP) is 3.12. The summed E-state index contributed by atoms with van der Waals surface area (Å²) >= 11 is 0. The fourth-order valence-electron chi connectivity index (χ4n) is 0.791. The van der Waals surface area contributed by atoms with Crippen molar-refractivity contribution in [2.45, 2.75) is 6.92 Å². The first-order valence-corrected chi connectivity index (χ1v) is 3.74. The Hall–Kier alpha value is -0.768. The molecule has 0 aliphatic heterocycles. The molecule has 12 heavy (non-hydrogen) atoms. The van der Waals surface area contributed by atoms with Gasteiger partial charge in [0.15, 0.2) is 0 Å². The van der Waals surface area contributed by atoms with Crippen molar-refractivity contribution >= 4 is 0 Å². The molecule has 0 aromatic heterocycles. The average Bonchev–Trinajstić information content (AvgIpc) is 2.57. The van der Waals surface area contributed by atoms with Crippen molar-refractivity contribution in [1.29, 1.82) is 0 Å². The molecule has 62 valence electrons. The maximum atomic E-state index is 2.08. The molecule has 0 saturated heterocycles. The third-order valence-corrected chi connectivity index (χ3v) is 1.38. The summed E-state index contributed by atoms with van der Waals surface area (Å²) in [4.78, 5) is 0. The van der Waals surface area contributed by atoms with Gasteiger partial charge in [-0.1, -0.05) is 6.92 Å². The quantitative estimate of drug-likeness (QED) is 0.568. The van der Waals surface area contributed by atoms with Crippen LogP contribution in [0.3, 0.4) is 0 Å². The Morgan fingerprint density at radius 2 is 1.42 bits per heavy atom. The first-order valence-electron chi connectivity index (χ1n) is 3.74. The minimum Gasteiger partial charge on any atom is -0.214 e. The first-order chi connectivity index (χ1) is 5.39. The van der Waals surface area contributed by atoms with Gasteiger partial charge in [0.1, 0.15) is 0 Å². The minimum absolute atomic E-state index is 0. The molecule has 0 unspecified atom stereocenters. The summed E-state index contributed by atoms with van der Waals surface area (Å²) in [7, 11) is 0. The van der Waals surface area contributed by atoms with Gasteiger partial charge in [-0.25, -0.2) is 24.3 Å². The van der Waals surface area contributed by atoms with Crippen LogP contribution < -0.4 is 0 Å². The summed E-state index contributed by atoms with van der Waals surface area (Å²) in [6, 6.07) is 18.2. The number of rotatable bonds is 0. The zero-order chi connectivity index (χ0) is 7.94. The van der Waals surface area contributed by atoms with Crippen molar-refractivity contribution < 1.29 is 17.4 Å². The zero-order valence-corrected chi connectivity index (χ0v) is 8.38. The summed E-state index contributed by atoms with van der Waals surface area (Å²) in [5.41, 5.74) is 1.34. The van der Waals surface area contributed by atoms with Gasteiger partial charge in [-0.2, -0.15) is 35.9 Å². The van der Waals surface area contributed by atoms with Crippen molar-refractivity contribution in [3.8, 4) is 0 Å². The molecule has 2 rings (SSSR count). The summed E-state index contributed by atoms with van der Waals surface area (Å²) in [5, 5.41) is 0. The van der Waals surface area contributed by atoms with Crippen molar-refractivity contribution in [3.05, 3.63) is 60.2 Å². The summed E-state index contributed by atoms with van der Waals surface area (Å²) in [6.45, 7) is 2.08. The van der Waals surface area contributed by atoms with Crippen LogP contribution in [0.5, 0.6) is 0 Å². The largest absolute Gasteiger partial charge is 2.00 e. The predicted molar refractivity (Wildman–Crippen MR) is 48.8 cm³/mol. The van der Waals surface area contributed by atoms with Gasteiger partial charge >= 0.3 is 17.4 Å². The SMILES string of the molecule is C[c-]1cccc1.[Cr+2].c1cc[cH-]c1. The summed E-state index contributed by atoms with van der Waals surface area (Å²) in [5.74, 6) is 0. The van der Waals surface area contributed by atoms with Crippen LogP contribution in [0.2, 0.25) is 0 Å². The van der Waals surface area contributed by atoms with Crippen LogP contribution in [-0.2, 0) is 17.4 Å². The molecule has 0 heterocycles. The molecule has 2 aromatic carbocycles. The normalized spacial score (nSPS) is 7.75. The Bertz CT molecular complexity index is 223. The molecule has 0 radical (unpaired) electrons. The van der Waals surface area contributed by atoms with Crippen molar-refractivity contribution in [2.24, 2.45) is 0 Å². The Balaban J connectivity index is 0.000000189. The average molecular weight is 196 g/mol. The Kier molecular flexibility index (Phi) is 6.47.